The highest BCUT2D eigenvalue weighted by atomic mass is 16.3. The fourth-order valence-corrected chi connectivity index (χ4v) is 2.95. The number of nitrogens with zero attached hydrogens (tertiary/aromatic N) is 4. The first kappa shape index (κ1) is 21.8. The van der Waals surface area contributed by atoms with Gasteiger partial charge in [-0.05, 0) is 39.3 Å². The molecule has 0 aliphatic rings. The van der Waals surface area contributed by atoms with Gasteiger partial charge in [0.05, 0.1) is 12.7 Å². The second-order valence-electron chi connectivity index (χ2n) is 7.07. The van der Waals surface area contributed by atoms with Crippen molar-refractivity contribution in [3.63, 3.8) is 0 Å². The molecule has 28 heavy (non-hydrogen) atoms. The van der Waals surface area contributed by atoms with Crippen molar-refractivity contribution in [3.8, 4) is 0 Å². The first-order valence-electron chi connectivity index (χ1n) is 10.00. The average molecular weight is 387 g/mol. The van der Waals surface area contributed by atoms with Gasteiger partial charge in [-0.15, -0.1) is 0 Å². The molecule has 0 saturated carbocycles. The van der Waals surface area contributed by atoms with Gasteiger partial charge >= 0.3 is 0 Å². The smallest absolute Gasteiger partial charge is 0.191 e. The Hall–Kier alpha value is -2.54. The molecule has 0 bridgehead atoms. The lowest BCUT2D eigenvalue weighted by molar-refractivity contribution is 0.0672. The van der Waals surface area contributed by atoms with E-state index in [1.54, 1.807) is 17.8 Å². The van der Waals surface area contributed by atoms with E-state index in [2.05, 4.69) is 56.8 Å². The van der Waals surface area contributed by atoms with Crippen LogP contribution in [-0.2, 0) is 12.6 Å². The molecule has 1 atom stereocenters. The van der Waals surface area contributed by atoms with Gasteiger partial charge in [-0.25, -0.2) is 4.99 Å². The van der Waals surface area contributed by atoms with Crippen molar-refractivity contribution in [2.24, 2.45) is 12.0 Å². The van der Waals surface area contributed by atoms with E-state index in [4.69, 9.17) is 0 Å². The number of rotatable bonds is 10. The molecule has 0 aliphatic heterocycles. The molecule has 2 rings (SSSR count). The SMILES string of the molecule is CCNC(=NCC(C)(O)c1cnn(C)c1)NCCCN(CC)c1ccccc1. The average Bonchev–Trinajstić information content (AvgIpc) is 3.14. The summed E-state index contributed by atoms with van der Waals surface area (Å²) < 4.78 is 1.68. The monoisotopic (exact) mass is 386 g/mol. The summed E-state index contributed by atoms with van der Waals surface area (Å²) in [5, 5.41) is 21.4. The van der Waals surface area contributed by atoms with Crippen molar-refractivity contribution in [2.45, 2.75) is 32.8 Å². The van der Waals surface area contributed by atoms with Gasteiger partial charge in [0.2, 0.25) is 0 Å². The molecule has 1 heterocycles. The number of hydrogen-bond donors (Lipinski definition) is 3. The highest BCUT2D eigenvalue weighted by Crippen LogP contribution is 2.19. The lowest BCUT2D eigenvalue weighted by Crippen LogP contribution is -2.40. The summed E-state index contributed by atoms with van der Waals surface area (Å²) in [6.07, 6.45) is 4.49. The zero-order valence-corrected chi connectivity index (χ0v) is 17.5. The molecule has 1 aromatic carbocycles. The Balaban J connectivity index is 1.85. The molecule has 0 spiro atoms. The van der Waals surface area contributed by atoms with E-state index in [-0.39, 0.29) is 6.54 Å². The van der Waals surface area contributed by atoms with Crippen molar-refractivity contribution in [3.05, 3.63) is 48.3 Å². The number of para-hydroxylation sites is 1. The van der Waals surface area contributed by atoms with E-state index in [9.17, 15) is 5.11 Å². The van der Waals surface area contributed by atoms with E-state index < -0.39 is 5.60 Å². The van der Waals surface area contributed by atoms with Crippen molar-refractivity contribution < 1.29 is 5.11 Å². The molecule has 0 amide bonds. The Morgan fingerprint density at radius 2 is 2.00 bits per heavy atom. The van der Waals surface area contributed by atoms with Crippen LogP contribution in [0.15, 0.2) is 47.7 Å². The minimum Gasteiger partial charge on any atom is -0.383 e. The molecule has 2 aromatic rings. The number of aliphatic imine (C=N–C) groups is 1. The van der Waals surface area contributed by atoms with Gasteiger partial charge in [-0.1, -0.05) is 18.2 Å². The van der Waals surface area contributed by atoms with E-state index in [0.29, 0.717) is 0 Å². The maximum Gasteiger partial charge on any atom is 0.191 e. The highest BCUT2D eigenvalue weighted by Gasteiger charge is 2.24. The van der Waals surface area contributed by atoms with Crippen LogP contribution in [-0.4, -0.2) is 53.6 Å². The molecular formula is C21H34N6O. The third-order valence-corrected chi connectivity index (χ3v) is 4.62. The van der Waals surface area contributed by atoms with Crippen LogP contribution in [0.5, 0.6) is 0 Å². The molecule has 3 N–H and O–H groups in total. The molecule has 0 radical (unpaired) electrons. The van der Waals surface area contributed by atoms with Crippen molar-refractivity contribution in [1.29, 1.82) is 0 Å². The van der Waals surface area contributed by atoms with Crippen molar-refractivity contribution in [2.75, 3.05) is 37.6 Å². The molecule has 1 unspecified atom stereocenters. The van der Waals surface area contributed by atoms with Crippen LogP contribution < -0.4 is 15.5 Å². The van der Waals surface area contributed by atoms with Crippen LogP contribution in [0, 0.1) is 0 Å². The maximum atomic E-state index is 10.7. The predicted octanol–water partition coefficient (Wildman–Crippen LogP) is 2.10. The summed E-state index contributed by atoms with van der Waals surface area (Å²) in [7, 11) is 1.84. The zero-order valence-electron chi connectivity index (χ0n) is 17.5. The van der Waals surface area contributed by atoms with Crippen LogP contribution in [0.4, 0.5) is 5.69 Å². The fourth-order valence-electron chi connectivity index (χ4n) is 2.95. The lowest BCUT2D eigenvalue weighted by atomic mass is 10.0. The Morgan fingerprint density at radius 1 is 1.25 bits per heavy atom. The van der Waals surface area contributed by atoms with E-state index >= 15 is 0 Å². The number of aromatic nitrogens is 2. The summed E-state index contributed by atoms with van der Waals surface area (Å²) >= 11 is 0. The summed E-state index contributed by atoms with van der Waals surface area (Å²) in [5.74, 6) is 0.717. The van der Waals surface area contributed by atoms with Crippen LogP contribution in [0.3, 0.4) is 0 Å². The van der Waals surface area contributed by atoms with Crippen molar-refractivity contribution >= 4 is 11.6 Å². The fraction of sp³-hybridized carbons (Fsp3) is 0.524. The predicted molar refractivity (Wildman–Crippen MR) is 116 cm³/mol. The van der Waals surface area contributed by atoms with Gasteiger partial charge in [0.1, 0.15) is 5.60 Å². The number of benzene rings is 1. The van der Waals surface area contributed by atoms with Crippen LogP contribution in [0.2, 0.25) is 0 Å². The number of hydrogen-bond acceptors (Lipinski definition) is 4. The molecule has 7 heteroatoms. The minimum absolute atomic E-state index is 0.263. The number of aliphatic hydroxyl groups is 1. The van der Waals surface area contributed by atoms with Gasteiger partial charge in [-0.3, -0.25) is 4.68 Å². The summed E-state index contributed by atoms with van der Waals surface area (Å²) in [6, 6.07) is 10.5. The van der Waals surface area contributed by atoms with Gasteiger partial charge in [0.15, 0.2) is 5.96 Å². The van der Waals surface area contributed by atoms with Gasteiger partial charge in [0, 0.05) is 50.7 Å². The van der Waals surface area contributed by atoms with E-state index in [1.165, 1.54) is 5.69 Å². The molecule has 1 aromatic heterocycles. The Morgan fingerprint density at radius 3 is 2.61 bits per heavy atom. The Kier molecular flexibility index (Phi) is 8.32. The third kappa shape index (κ3) is 6.56. The second kappa shape index (κ2) is 10.7. The molecule has 154 valence electrons. The first-order chi connectivity index (χ1) is 13.5. The largest absolute Gasteiger partial charge is 0.383 e. The highest BCUT2D eigenvalue weighted by molar-refractivity contribution is 5.79. The van der Waals surface area contributed by atoms with Gasteiger partial charge in [0.25, 0.3) is 0 Å². The molecule has 0 fully saturated rings. The van der Waals surface area contributed by atoms with Crippen LogP contribution in [0.1, 0.15) is 32.8 Å². The van der Waals surface area contributed by atoms with Gasteiger partial charge < -0.3 is 20.6 Å². The van der Waals surface area contributed by atoms with Crippen LogP contribution in [0.25, 0.3) is 0 Å². The third-order valence-electron chi connectivity index (χ3n) is 4.62. The van der Waals surface area contributed by atoms with Crippen LogP contribution >= 0.6 is 0 Å². The van der Waals surface area contributed by atoms with Gasteiger partial charge in [-0.2, -0.15) is 5.10 Å². The standard InChI is InChI=1S/C21H34N6O/c1-5-22-20(24-17-21(3,28)18-15-25-26(4)16-18)23-13-10-14-27(6-2)19-11-8-7-9-12-19/h7-9,11-12,15-16,28H,5-6,10,13-14,17H2,1-4H3,(H2,22,23,24). The normalized spacial score (nSPS) is 13.8. The number of nitrogens with one attached hydrogen (secondary N) is 2. The first-order valence-corrected chi connectivity index (χ1v) is 10.00. The van der Waals surface area contributed by atoms with E-state index in [1.807, 2.05) is 26.2 Å². The summed E-state index contributed by atoms with van der Waals surface area (Å²) in [5.41, 5.74) is 0.956. The lowest BCUT2D eigenvalue weighted by Gasteiger charge is -2.23. The number of anilines is 1. The number of guanidine groups is 1. The van der Waals surface area contributed by atoms with E-state index in [0.717, 1.165) is 44.1 Å². The Labute approximate surface area is 168 Å². The summed E-state index contributed by atoms with van der Waals surface area (Å²) in [4.78, 5) is 6.92. The quantitative estimate of drug-likeness (QED) is 0.331. The van der Waals surface area contributed by atoms with Crippen molar-refractivity contribution in [1.82, 2.24) is 20.4 Å². The molecular weight excluding hydrogens is 352 g/mol. The molecule has 0 saturated heterocycles. The topological polar surface area (TPSA) is 77.7 Å². The zero-order chi connectivity index (χ0) is 20.4. The second-order valence-corrected chi connectivity index (χ2v) is 7.07. The maximum absolute atomic E-state index is 10.7. The molecule has 0 aliphatic carbocycles. The minimum atomic E-state index is -1.05. The Bertz CT molecular complexity index is 726. The molecule has 7 nitrogen and oxygen atoms in total. The number of aryl methyl sites for hydroxylation is 1. The summed E-state index contributed by atoms with van der Waals surface area (Å²) in [6.45, 7) is 9.76.